The van der Waals surface area contributed by atoms with Gasteiger partial charge in [-0.25, -0.2) is 0 Å². The number of nitrogens with zero attached hydrogens (tertiary/aromatic N) is 1. The topological polar surface area (TPSA) is 44.4 Å². The minimum atomic E-state index is 0.112. The zero-order valence-electron chi connectivity index (χ0n) is 11.9. The second-order valence-corrected chi connectivity index (χ2v) is 5.42. The van der Waals surface area contributed by atoms with Crippen molar-refractivity contribution in [3.05, 3.63) is 29.8 Å². The van der Waals surface area contributed by atoms with Crippen molar-refractivity contribution in [3.63, 3.8) is 0 Å². The average Bonchev–Trinajstić information content (AvgIpc) is 2.83. The van der Waals surface area contributed by atoms with Crippen LogP contribution < -0.4 is 15.5 Å². The highest BCUT2D eigenvalue weighted by atomic mass is 16.1. The lowest BCUT2D eigenvalue weighted by Crippen LogP contribution is -2.36. The molecule has 1 aliphatic rings. The molecule has 1 heterocycles. The first-order valence-corrected chi connectivity index (χ1v) is 6.85. The van der Waals surface area contributed by atoms with Crippen LogP contribution in [0, 0.1) is 5.92 Å². The number of amides is 1. The normalized spacial score (nSPS) is 22.3. The van der Waals surface area contributed by atoms with Crippen LogP contribution in [0.1, 0.15) is 18.9 Å². The molecular formula is C15H23N3O. The molecule has 1 aromatic carbocycles. The fraction of sp³-hybridized carbons (Fsp3) is 0.533. The predicted octanol–water partition coefficient (Wildman–Crippen LogP) is 1.37. The Hall–Kier alpha value is -1.55. The van der Waals surface area contributed by atoms with Crippen LogP contribution >= 0.6 is 0 Å². The standard InChI is InChI=1S/C15H23N3O/c1-11-14(8-9-16-11)15(19)17-10-12-4-6-13(7-5-12)18(2)3/h4-7,11,14,16H,8-10H2,1-3H3,(H,17,19). The van der Waals surface area contributed by atoms with Crippen molar-refractivity contribution in [1.29, 1.82) is 0 Å². The van der Waals surface area contributed by atoms with E-state index in [1.54, 1.807) is 0 Å². The third-order valence-corrected chi connectivity index (χ3v) is 3.78. The first kappa shape index (κ1) is 13.9. The van der Waals surface area contributed by atoms with Crippen molar-refractivity contribution < 1.29 is 4.79 Å². The number of hydrogen-bond donors (Lipinski definition) is 2. The van der Waals surface area contributed by atoms with Gasteiger partial charge in [0.15, 0.2) is 0 Å². The summed E-state index contributed by atoms with van der Waals surface area (Å²) in [5.41, 5.74) is 2.31. The van der Waals surface area contributed by atoms with Crippen molar-refractivity contribution in [2.24, 2.45) is 5.92 Å². The van der Waals surface area contributed by atoms with Gasteiger partial charge >= 0.3 is 0 Å². The molecule has 0 bridgehead atoms. The van der Waals surface area contributed by atoms with Crippen LogP contribution in [0.15, 0.2) is 24.3 Å². The molecule has 0 radical (unpaired) electrons. The van der Waals surface area contributed by atoms with E-state index in [1.165, 1.54) is 5.69 Å². The van der Waals surface area contributed by atoms with Gasteiger partial charge in [0.25, 0.3) is 0 Å². The first-order chi connectivity index (χ1) is 9.08. The fourth-order valence-electron chi connectivity index (χ4n) is 2.45. The summed E-state index contributed by atoms with van der Waals surface area (Å²) in [7, 11) is 4.04. The Morgan fingerprint density at radius 3 is 2.58 bits per heavy atom. The highest BCUT2D eigenvalue weighted by Gasteiger charge is 2.28. The molecule has 1 fully saturated rings. The number of rotatable bonds is 4. The maximum atomic E-state index is 12.0. The highest BCUT2D eigenvalue weighted by Crippen LogP contribution is 2.16. The molecule has 2 rings (SSSR count). The number of carbonyl (C=O) groups is 1. The molecule has 104 valence electrons. The highest BCUT2D eigenvalue weighted by molar-refractivity contribution is 5.79. The minimum absolute atomic E-state index is 0.112. The Morgan fingerprint density at radius 1 is 1.37 bits per heavy atom. The molecule has 4 nitrogen and oxygen atoms in total. The van der Waals surface area contributed by atoms with Gasteiger partial charge in [-0.3, -0.25) is 4.79 Å². The lowest BCUT2D eigenvalue weighted by atomic mass is 10.0. The van der Waals surface area contributed by atoms with Gasteiger partial charge < -0.3 is 15.5 Å². The Bertz CT molecular complexity index is 428. The fourth-order valence-corrected chi connectivity index (χ4v) is 2.45. The van der Waals surface area contributed by atoms with Gasteiger partial charge in [-0.05, 0) is 37.6 Å². The van der Waals surface area contributed by atoms with Crippen molar-refractivity contribution >= 4 is 11.6 Å². The van der Waals surface area contributed by atoms with E-state index < -0.39 is 0 Å². The third kappa shape index (κ3) is 3.47. The second-order valence-electron chi connectivity index (χ2n) is 5.42. The molecule has 4 heteroatoms. The molecule has 1 amide bonds. The summed E-state index contributed by atoms with van der Waals surface area (Å²) in [6.07, 6.45) is 0.937. The van der Waals surface area contributed by atoms with E-state index in [1.807, 2.05) is 14.1 Å². The van der Waals surface area contributed by atoms with Crippen molar-refractivity contribution in [2.45, 2.75) is 25.9 Å². The summed E-state index contributed by atoms with van der Waals surface area (Å²) in [5.74, 6) is 0.273. The minimum Gasteiger partial charge on any atom is -0.378 e. The van der Waals surface area contributed by atoms with Crippen LogP contribution in [0.25, 0.3) is 0 Å². The van der Waals surface area contributed by atoms with Crippen molar-refractivity contribution in [1.82, 2.24) is 10.6 Å². The third-order valence-electron chi connectivity index (χ3n) is 3.78. The summed E-state index contributed by atoms with van der Waals surface area (Å²) in [6, 6.07) is 8.55. The average molecular weight is 261 g/mol. The van der Waals surface area contributed by atoms with E-state index >= 15 is 0 Å². The van der Waals surface area contributed by atoms with E-state index in [0.717, 1.165) is 18.5 Å². The number of nitrogens with one attached hydrogen (secondary N) is 2. The maximum Gasteiger partial charge on any atom is 0.224 e. The van der Waals surface area contributed by atoms with Crippen LogP contribution in [0.2, 0.25) is 0 Å². The Labute approximate surface area is 115 Å². The van der Waals surface area contributed by atoms with Gasteiger partial charge in [-0.15, -0.1) is 0 Å². The summed E-state index contributed by atoms with van der Waals surface area (Å²) in [5, 5.41) is 6.33. The van der Waals surface area contributed by atoms with Gasteiger partial charge in [0.05, 0.1) is 5.92 Å². The van der Waals surface area contributed by atoms with Crippen molar-refractivity contribution in [3.8, 4) is 0 Å². The number of benzene rings is 1. The van der Waals surface area contributed by atoms with Gasteiger partial charge in [0, 0.05) is 32.4 Å². The molecule has 1 saturated heterocycles. The largest absolute Gasteiger partial charge is 0.378 e. The summed E-state index contributed by atoms with van der Waals surface area (Å²) in [6.45, 7) is 3.62. The van der Waals surface area contributed by atoms with Gasteiger partial charge in [-0.1, -0.05) is 12.1 Å². The molecule has 1 aliphatic heterocycles. The van der Waals surface area contributed by atoms with Crippen LogP contribution in [0.5, 0.6) is 0 Å². The van der Waals surface area contributed by atoms with Gasteiger partial charge in [-0.2, -0.15) is 0 Å². The zero-order valence-corrected chi connectivity index (χ0v) is 11.9. The second kappa shape index (κ2) is 6.06. The lowest BCUT2D eigenvalue weighted by Gasteiger charge is -2.16. The smallest absolute Gasteiger partial charge is 0.224 e. The molecule has 0 aliphatic carbocycles. The SMILES string of the molecule is CC1NCCC1C(=O)NCc1ccc(N(C)C)cc1. The first-order valence-electron chi connectivity index (χ1n) is 6.85. The van der Waals surface area contributed by atoms with E-state index in [-0.39, 0.29) is 17.9 Å². The molecule has 1 aromatic rings. The van der Waals surface area contributed by atoms with E-state index in [4.69, 9.17) is 0 Å². The number of carbonyl (C=O) groups excluding carboxylic acids is 1. The zero-order chi connectivity index (χ0) is 13.8. The van der Waals surface area contributed by atoms with E-state index in [9.17, 15) is 4.79 Å². The Balaban J connectivity index is 1.86. The van der Waals surface area contributed by atoms with Crippen LogP contribution in [0.3, 0.4) is 0 Å². The summed E-state index contributed by atoms with van der Waals surface area (Å²) in [4.78, 5) is 14.1. The quantitative estimate of drug-likeness (QED) is 0.860. The van der Waals surface area contributed by atoms with Crippen LogP contribution in [-0.2, 0) is 11.3 Å². The summed E-state index contributed by atoms with van der Waals surface area (Å²) >= 11 is 0. The number of hydrogen-bond acceptors (Lipinski definition) is 3. The maximum absolute atomic E-state index is 12.0. The molecule has 0 saturated carbocycles. The monoisotopic (exact) mass is 261 g/mol. The molecule has 0 aromatic heterocycles. The number of anilines is 1. The van der Waals surface area contributed by atoms with Gasteiger partial charge in [0.2, 0.25) is 5.91 Å². The molecule has 2 unspecified atom stereocenters. The molecule has 0 spiro atoms. The lowest BCUT2D eigenvalue weighted by molar-refractivity contribution is -0.125. The van der Waals surface area contributed by atoms with Gasteiger partial charge in [0.1, 0.15) is 0 Å². The Kier molecular flexibility index (Phi) is 4.43. The van der Waals surface area contributed by atoms with Crippen LogP contribution in [0.4, 0.5) is 5.69 Å². The predicted molar refractivity (Wildman–Crippen MR) is 78.2 cm³/mol. The van der Waals surface area contributed by atoms with E-state index in [2.05, 4.69) is 46.7 Å². The molecule has 2 atom stereocenters. The summed E-state index contributed by atoms with van der Waals surface area (Å²) < 4.78 is 0. The van der Waals surface area contributed by atoms with Crippen LogP contribution in [-0.4, -0.2) is 32.6 Å². The molecule has 19 heavy (non-hydrogen) atoms. The molecule has 2 N–H and O–H groups in total. The molecular weight excluding hydrogens is 238 g/mol. The van der Waals surface area contributed by atoms with E-state index in [0.29, 0.717) is 6.54 Å². The van der Waals surface area contributed by atoms with Crippen molar-refractivity contribution in [2.75, 3.05) is 25.5 Å². The Morgan fingerprint density at radius 2 is 2.05 bits per heavy atom.